The molecule has 1 aliphatic heterocycles. The van der Waals surface area contributed by atoms with Crippen LogP contribution in [0, 0.1) is 18.7 Å². The van der Waals surface area contributed by atoms with E-state index in [0.29, 0.717) is 30.0 Å². The van der Waals surface area contributed by atoms with Gasteiger partial charge in [0, 0.05) is 30.5 Å². The normalized spacial score (nSPS) is 16.1. The van der Waals surface area contributed by atoms with Crippen molar-refractivity contribution >= 4 is 33.7 Å². The fourth-order valence-corrected chi connectivity index (χ4v) is 4.87. The Hall–Kier alpha value is -4.27. The van der Waals surface area contributed by atoms with Crippen LogP contribution in [0.25, 0.3) is 27.6 Å². The molecule has 182 valence electrons. The van der Waals surface area contributed by atoms with Gasteiger partial charge in [-0.05, 0) is 55.0 Å². The molecule has 1 saturated heterocycles. The maximum atomic E-state index is 14.1. The average Bonchev–Trinajstić information content (AvgIpc) is 3.53. The first kappa shape index (κ1) is 22.2. The van der Waals surface area contributed by atoms with Crippen molar-refractivity contribution in [2.24, 2.45) is 5.92 Å². The van der Waals surface area contributed by atoms with Crippen LogP contribution in [0.5, 0.6) is 0 Å². The van der Waals surface area contributed by atoms with Gasteiger partial charge in [0.15, 0.2) is 5.65 Å². The second-order valence-electron chi connectivity index (χ2n) is 9.33. The molecule has 9 heteroatoms. The molecule has 8 nitrogen and oxygen atoms in total. The van der Waals surface area contributed by atoms with Crippen molar-refractivity contribution in [3.8, 4) is 5.69 Å². The summed E-state index contributed by atoms with van der Waals surface area (Å²) >= 11 is 0. The number of nitrogens with zero attached hydrogens (tertiary/aromatic N) is 5. The first-order valence-corrected chi connectivity index (χ1v) is 12.1. The van der Waals surface area contributed by atoms with Crippen molar-refractivity contribution in [1.29, 1.82) is 0 Å². The standard InChI is InChI=1S/C27H26FN7O/c1-17-8-9-21(12-23(17)28)35-15-22-25(33-35)30-16-31-26(22)34-10-4-6-19(14-34)27(36)29-13-20-11-18-5-2-3-7-24(18)32-20/h2-3,5,7-9,11-12,15-16,19,32H,4,6,10,13-14H2,1H3,(H,29,36)/t19-/m0/s1. The molecule has 1 fully saturated rings. The predicted octanol–water partition coefficient (Wildman–Crippen LogP) is 4.28. The van der Waals surface area contributed by atoms with Gasteiger partial charge in [-0.2, -0.15) is 0 Å². The summed E-state index contributed by atoms with van der Waals surface area (Å²) in [6.45, 7) is 3.55. The van der Waals surface area contributed by atoms with Gasteiger partial charge < -0.3 is 15.2 Å². The second kappa shape index (κ2) is 9.07. The number of aryl methyl sites for hydroxylation is 1. The van der Waals surface area contributed by atoms with Gasteiger partial charge in [0.25, 0.3) is 0 Å². The number of carbonyl (C=O) groups excluding carboxylic acids is 1. The molecule has 2 aromatic carbocycles. The zero-order valence-corrected chi connectivity index (χ0v) is 19.9. The SMILES string of the molecule is Cc1ccc(-n2cc3c(N4CCC[C@H](C(=O)NCc5cc6ccccc6[nH]5)C4)ncnc3n2)cc1F. The highest BCUT2D eigenvalue weighted by Crippen LogP contribution is 2.28. The Morgan fingerprint density at radius 2 is 2.08 bits per heavy atom. The van der Waals surface area contributed by atoms with Crippen LogP contribution in [0.4, 0.5) is 10.2 Å². The molecule has 0 radical (unpaired) electrons. The van der Waals surface area contributed by atoms with E-state index in [1.165, 1.54) is 12.4 Å². The van der Waals surface area contributed by atoms with E-state index in [-0.39, 0.29) is 17.6 Å². The highest BCUT2D eigenvalue weighted by atomic mass is 19.1. The second-order valence-corrected chi connectivity index (χ2v) is 9.33. The minimum atomic E-state index is -0.282. The zero-order valence-electron chi connectivity index (χ0n) is 19.9. The fraction of sp³-hybridized carbons (Fsp3) is 0.259. The molecule has 5 aromatic rings. The van der Waals surface area contributed by atoms with E-state index in [1.807, 2.05) is 30.5 Å². The molecule has 6 rings (SSSR count). The van der Waals surface area contributed by atoms with Gasteiger partial charge >= 0.3 is 0 Å². The quantitative estimate of drug-likeness (QED) is 0.389. The number of piperidine rings is 1. The summed E-state index contributed by atoms with van der Waals surface area (Å²) in [5.41, 5.74) is 3.78. The number of nitrogens with one attached hydrogen (secondary N) is 2. The van der Waals surface area contributed by atoms with E-state index in [4.69, 9.17) is 0 Å². The van der Waals surface area contributed by atoms with E-state index >= 15 is 0 Å². The molecule has 1 aliphatic rings. The highest BCUT2D eigenvalue weighted by molar-refractivity contribution is 5.87. The lowest BCUT2D eigenvalue weighted by Crippen LogP contribution is -2.43. The van der Waals surface area contributed by atoms with E-state index in [1.54, 1.807) is 17.7 Å². The number of anilines is 1. The van der Waals surface area contributed by atoms with Gasteiger partial charge in [-0.25, -0.2) is 19.0 Å². The molecule has 0 bridgehead atoms. The summed E-state index contributed by atoms with van der Waals surface area (Å²) in [7, 11) is 0. The smallest absolute Gasteiger partial charge is 0.225 e. The predicted molar refractivity (Wildman–Crippen MR) is 136 cm³/mol. The maximum absolute atomic E-state index is 14.1. The molecule has 0 unspecified atom stereocenters. The van der Waals surface area contributed by atoms with E-state index in [9.17, 15) is 9.18 Å². The summed E-state index contributed by atoms with van der Waals surface area (Å²) in [5.74, 6) is 0.353. The van der Waals surface area contributed by atoms with Crippen LogP contribution in [0.3, 0.4) is 0 Å². The zero-order chi connectivity index (χ0) is 24.6. The van der Waals surface area contributed by atoms with Crippen LogP contribution in [0.15, 0.2) is 61.1 Å². The highest BCUT2D eigenvalue weighted by Gasteiger charge is 2.28. The number of aromatic nitrogens is 5. The van der Waals surface area contributed by atoms with Crippen molar-refractivity contribution in [2.45, 2.75) is 26.3 Å². The van der Waals surface area contributed by atoms with Crippen LogP contribution in [-0.4, -0.2) is 43.7 Å². The lowest BCUT2D eigenvalue weighted by atomic mass is 9.97. The summed E-state index contributed by atoms with van der Waals surface area (Å²) in [6.07, 6.45) is 5.02. The van der Waals surface area contributed by atoms with Gasteiger partial charge in [-0.1, -0.05) is 24.3 Å². The molecule has 4 heterocycles. The molecule has 0 spiro atoms. The summed E-state index contributed by atoms with van der Waals surface area (Å²) in [4.78, 5) is 27.4. The number of amides is 1. The first-order chi connectivity index (χ1) is 17.5. The van der Waals surface area contributed by atoms with E-state index < -0.39 is 0 Å². The lowest BCUT2D eigenvalue weighted by molar-refractivity contribution is -0.125. The van der Waals surface area contributed by atoms with Crippen molar-refractivity contribution < 1.29 is 9.18 Å². The van der Waals surface area contributed by atoms with Gasteiger partial charge in [0.1, 0.15) is 18.0 Å². The van der Waals surface area contributed by atoms with Crippen LogP contribution >= 0.6 is 0 Å². The Morgan fingerprint density at radius 3 is 2.94 bits per heavy atom. The van der Waals surface area contributed by atoms with E-state index in [2.05, 4.69) is 42.4 Å². The summed E-state index contributed by atoms with van der Waals surface area (Å²) in [5, 5.41) is 9.53. The molecule has 1 atom stereocenters. The van der Waals surface area contributed by atoms with E-state index in [0.717, 1.165) is 47.2 Å². The van der Waals surface area contributed by atoms with Crippen molar-refractivity contribution in [3.63, 3.8) is 0 Å². The topological polar surface area (TPSA) is 91.7 Å². The number of carbonyl (C=O) groups is 1. The maximum Gasteiger partial charge on any atom is 0.225 e. The van der Waals surface area contributed by atoms with Gasteiger partial charge in [-0.15, -0.1) is 5.10 Å². The largest absolute Gasteiger partial charge is 0.357 e. The molecular formula is C27H26FN7O. The Labute approximate surface area is 207 Å². The van der Waals surface area contributed by atoms with Crippen LogP contribution < -0.4 is 10.2 Å². The average molecular weight is 484 g/mol. The Balaban J connectivity index is 1.19. The third-order valence-electron chi connectivity index (χ3n) is 6.85. The van der Waals surface area contributed by atoms with Crippen LogP contribution in [0.2, 0.25) is 0 Å². The summed E-state index contributed by atoms with van der Waals surface area (Å²) < 4.78 is 15.7. The molecule has 1 amide bonds. The number of fused-ring (bicyclic) bond motifs is 2. The number of H-pyrrole nitrogens is 1. The molecule has 3 aromatic heterocycles. The number of hydrogen-bond acceptors (Lipinski definition) is 5. The number of hydrogen-bond donors (Lipinski definition) is 2. The monoisotopic (exact) mass is 483 g/mol. The number of aromatic amines is 1. The van der Waals surface area contributed by atoms with Crippen LogP contribution in [-0.2, 0) is 11.3 Å². The Bertz CT molecular complexity index is 1540. The van der Waals surface area contributed by atoms with Gasteiger partial charge in [0.05, 0.1) is 23.5 Å². The van der Waals surface area contributed by atoms with Crippen molar-refractivity contribution in [2.75, 3.05) is 18.0 Å². The van der Waals surface area contributed by atoms with Crippen LogP contribution in [0.1, 0.15) is 24.1 Å². The first-order valence-electron chi connectivity index (χ1n) is 12.1. The lowest BCUT2D eigenvalue weighted by Gasteiger charge is -2.33. The summed E-state index contributed by atoms with van der Waals surface area (Å²) in [6, 6.07) is 15.2. The minimum absolute atomic E-state index is 0.0366. The Kier molecular flexibility index (Phi) is 5.59. The number of halogens is 1. The molecule has 0 saturated carbocycles. The number of benzene rings is 2. The minimum Gasteiger partial charge on any atom is -0.357 e. The third kappa shape index (κ3) is 4.17. The molecular weight excluding hydrogens is 457 g/mol. The number of para-hydroxylation sites is 1. The number of rotatable bonds is 5. The van der Waals surface area contributed by atoms with Crippen molar-refractivity contribution in [1.82, 2.24) is 30.0 Å². The molecule has 2 N–H and O–H groups in total. The van der Waals surface area contributed by atoms with Crippen molar-refractivity contribution in [3.05, 3.63) is 78.1 Å². The van der Waals surface area contributed by atoms with Gasteiger partial charge in [0.2, 0.25) is 5.91 Å². The Morgan fingerprint density at radius 1 is 1.19 bits per heavy atom. The van der Waals surface area contributed by atoms with Gasteiger partial charge in [-0.3, -0.25) is 4.79 Å². The molecule has 36 heavy (non-hydrogen) atoms. The molecule has 0 aliphatic carbocycles. The fourth-order valence-electron chi connectivity index (χ4n) is 4.87. The third-order valence-corrected chi connectivity index (χ3v) is 6.85.